The second-order valence-electron chi connectivity index (χ2n) is 8.93. The van der Waals surface area contributed by atoms with Crippen molar-refractivity contribution in [2.75, 3.05) is 45.4 Å². The normalized spacial score (nSPS) is 14.9. The van der Waals surface area contributed by atoms with Crippen molar-refractivity contribution in [2.45, 2.75) is 19.3 Å². The Balaban J connectivity index is 1.73. The van der Waals surface area contributed by atoms with Gasteiger partial charge in [0, 0.05) is 63.6 Å². The van der Waals surface area contributed by atoms with Crippen molar-refractivity contribution in [3.05, 3.63) is 42.1 Å². The maximum Gasteiger partial charge on any atom is 0.306 e. The maximum absolute atomic E-state index is 14.9. The average Bonchev–Trinajstić information content (AvgIpc) is 3.20. The Morgan fingerprint density at radius 2 is 1.94 bits per heavy atom. The van der Waals surface area contributed by atoms with E-state index >= 15 is 0 Å². The van der Waals surface area contributed by atoms with E-state index in [4.69, 9.17) is 19.4 Å². The first kappa shape index (κ1) is 24.1. The largest absolute Gasteiger partial charge is 0.481 e. The fourth-order valence-electron chi connectivity index (χ4n) is 4.67. The van der Waals surface area contributed by atoms with Gasteiger partial charge < -0.3 is 24.0 Å². The van der Waals surface area contributed by atoms with Crippen molar-refractivity contribution < 1.29 is 23.8 Å². The monoisotopic (exact) mass is 470 g/mol. The van der Waals surface area contributed by atoms with Crippen LogP contribution in [0.1, 0.15) is 18.5 Å². The number of nitrogens with zero attached hydrogens (tertiary/aromatic N) is 4. The number of halogens is 1. The van der Waals surface area contributed by atoms with Crippen LogP contribution in [0.5, 0.6) is 0 Å². The Bertz CT molecular complexity index is 1150. The molecule has 1 aliphatic rings. The smallest absolute Gasteiger partial charge is 0.306 e. The molecule has 3 aromatic rings. The molecule has 1 aromatic carbocycles. The number of aliphatic carboxylic acids is 1. The Labute approximate surface area is 198 Å². The van der Waals surface area contributed by atoms with Crippen LogP contribution in [0.3, 0.4) is 0 Å². The predicted octanol–water partition coefficient (Wildman–Crippen LogP) is 3.53. The number of carbonyl (C=O) groups is 1. The van der Waals surface area contributed by atoms with Crippen molar-refractivity contribution in [3.8, 4) is 11.3 Å². The van der Waals surface area contributed by atoms with E-state index in [-0.39, 0.29) is 17.7 Å². The highest BCUT2D eigenvalue weighted by Crippen LogP contribution is 2.34. The van der Waals surface area contributed by atoms with Gasteiger partial charge in [0.05, 0.1) is 30.3 Å². The second-order valence-corrected chi connectivity index (χ2v) is 8.93. The first-order valence-electron chi connectivity index (χ1n) is 11.5. The number of aryl methyl sites for hydroxylation is 1. The number of aromatic nitrogens is 3. The molecule has 0 spiro atoms. The highest BCUT2D eigenvalue weighted by Gasteiger charge is 2.28. The minimum absolute atomic E-state index is 0.123. The summed E-state index contributed by atoms with van der Waals surface area (Å²) in [6.45, 7) is 2.17. The lowest BCUT2D eigenvalue weighted by atomic mass is 9.96. The van der Waals surface area contributed by atoms with E-state index in [1.165, 1.54) is 6.07 Å². The SMILES string of the molecule is COCC(COC)Cc1cnc(-c2cc(F)c3ccn(C)c3c2)c(N2CCC(C(=O)O)CC2)n1. The van der Waals surface area contributed by atoms with Crippen molar-refractivity contribution in [2.24, 2.45) is 18.9 Å². The van der Waals surface area contributed by atoms with Gasteiger partial charge >= 0.3 is 5.97 Å². The zero-order valence-corrected chi connectivity index (χ0v) is 19.8. The molecule has 3 heterocycles. The molecule has 0 atom stereocenters. The first-order valence-corrected chi connectivity index (χ1v) is 11.5. The molecular formula is C25H31FN4O4. The Morgan fingerprint density at radius 3 is 2.59 bits per heavy atom. The summed E-state index contributed by atoms with van der Waals surface area (Å²) in [5.74, 6) is -0.658. The van der Waals surface area contributed by atoms with E-state index in [2.05, 4.69) is 4.90 Å². The van der Waals surface area contributed by atoms with Crippen LogP contribution in [0.25, 0.3) is 22.2 Å². The molecule has 34 heavy (non-hydrogen) atoms. The number of hydrogen-bond donors (Lipinski definition) is 1. The van der Waals surface area contributed by atoms with E-state index < -0.39 is 5.97 Å². The molecule has 2 aromatic heterocycles. The lowest BCUT2D eigenvalue weighted by molar-refractivity contribution is -0.142. The van der Waals surface area contributed by atoms with E-state index in [1.807, 2.05) is 23.9 Å². The van der Waals surface area contributed by atoms with Crippen LogP contribution in [0.4, 0.5) is 10.2 Å². The molecule has 0 bridgehead atoms. The van der Waals surface area contributed by atoms with Gasteiger partial charge in [-0.05, 0) is 37.5 Å². The Hall–Kier alpha value is -3.04. The summed E-state index contributed by atoms with van der Waals surface area (Å²) < 4.78 is 27.4. The standard InChI is InChI=1S/C25H31FN4O4/c1-29-7-6-20-21(26)11-18(12-22(20)29)23-24(30-8-4-17(5-9-30)25(31)32)28-19(13-27-23)10-16(14-33-2)15-34-3/h6-7,11-13,16-17H,4-5,8-10,14-15H2,1-3H3,(H,31,32). The molecule has 0 unspecified atom stereocenters. The van der Waals surface area contributed by atoms with Gasteiger partial charge in [-0.2, -0.15) is 0 Å². The average molecular weight is 471 g/mol. The van der Waals surface area contributed by atoms with E-state index in [0.717, 1.165) is 11.2 Å². The minimum Gasteiger partial charge on any atom is -0.481 e. The third-order valence-electron chi connectivity index (χ3n) is 6.48. The minimum atomic E-state index is -0.766. The van der Waals surface area contributed by atoms with Crippen LogP contribution in [0.2, 0.25) is 0 Å². The fourth-order valence-corrected chi connectivity index (χ4v) is 4.67. The molecule has 8 nitrogen and oxygen atoms in total. The molecule has 1 fully saturated rings. The Kier molecular flexibility index (Phi) is 7.43. The van der Waals surface area contributed by atoms with Crippen molar-refractivity contribution in [3.63, 3.8) is 0 Å². The summed E-state index contributed by atoms with van der Waals surface area (Å²) in [4.78, 5) is 23.2. The van der Waals surface area contributed by atoms with Gasteiger partial charge in [-0.3, -0.25) is 9.78 Å². The highest BCUT2D eigenvalue weighted by molar-refractivity contribution is 5.87. The number of benzene rings is 1. The van der Waals surface area contributed by atoms with Crippen LogP contribution >= 0.6 is 0 Å². The zero-order valence-electron chi connectivity index (χ0n) is 19.8. The summed E-state index contributed by atoms with van der Waals surface area (Å²) in [6, 6.07) is 5.18. The number of piperidine rings is 1. The van der Waals surface area contributed by atoms with E-state index in [1.54, 1.807) is 26.5 Å². The van der Waals surface area contributed by atoms with E-state index in [9.17, 15) is 14.3 Å². The molecule has 0 saturated carbocycles. The number of carboxylic acid groups (broad SMARTS) is 1. The van der Waals surface area contributed by atoms with Crippen LogP contribution in [0, 0.1) is 17.7 Å². The summed E-state index contributed by atoms with van der Waals surface area (Å²) in [6.07, 6.45) is 5.24. The van der Waals surface area contributed by atoms with Gasteiger partial charge in [0.25, 0.3) is 0 Å². The zero-order chi connectivity index (χ0) is 24.2. The number of anilines is 1. The molecule has 0 aliphatic carbocycles. The van der Waals surface area contributed by atoms with Gasteiger partial charge in [-0.25, -0.2) is 9.37 Å². The molecule has 0 radical (unpaired) electrons. The molecule has 1 N–H and O–H groups in total. The number of methoxy groups -OCH3 is 2. The second kappa shape index (κ2) is 10.5. The summed E-state index contributed by atoms with van der Waals surface area (Å²) in [7, 11) is 5.19. The summed E-state index contributed by atoms with van der Waals surface area (Å²) in [5, 5.41) is 9.95. The van der Waals surface area contributed by atoms with Crippen LogP contribution in [-0.2, 0) is 27.7 Å². The molecule has 4 rings (SSSR count). The third-order valence-corrected chi connectivity index (χ3v) is 6.48. The highest BCUT2D eigenvalue weighted by atomic mass is 19.1. The van der Waals surface area contributed by atoms with Gasteiger partial charge in [0.2, 0.25) is 0 Å². The topological polar surface area (TPSA) is 89.7 Å². The number of fused-ring (bicyclic) bond motifs is 1. The van der Waals surface area contributed by atoms with Crippen LogP contribution in [0.15, 0.2) is 30.6 Å². The van der Waals surface area contributed by atoms with Crippen LogP contribution in [-0.4, -0.2) is 66.1 Å². The lowest BCUT2D eigenvalue weighted by Crippen LogP contribution is -2.37. The molecule has 1 saturated heterocycles. The quantitative estimate of drug-likeness (QED) is 0.512. The molecule has 182 valence electrons. The number of rotatable bonds is 9. The lowest BCUT2D eigenvalue weighted by Gasteiger charge is -2.32. The molecule has 1 aliphatic heterocycles. The summed E-state index contributed by atoms with van der Waals surface area (Å²) in [5.41, 5.74) is 2.80. The van der Waals surface area contributed by atoms with Crippen LogP contribution < -0.4 is 4.90 Å². The molecule has 0 amide bonds. The fraction of sp³-hybridized carbons (Fsp3) is 0.480. The van der Waals surface area contributed by atoms with Crippen molar-refractivity contribution in [1.82, 2.24) is 14.5 Å². The van der Waals surface area contributed by atoms with Gasteiger partial charge in [0.15, 0.2) is 5.82 Å². The third kappa shape index (κ3) is 5.05. The summed E-state index contributed by atoms with van der Waals surface area (Å²) >= 11 is 0. The first-order chi connectivity index (χ1) is 16.4. The molecule has 9 heteroatoms. The van der Waals surface area contributed by atoms with Crippen molar-refractivity contribution in [1.29, 1.82) is 0 Å². The Morgan fingerprint density at radius 1 is 1.24 bits per heavy atom. The predicted molar refractivity (Wildman–Crippen MR) is 127 cm³/mol. The van der Waals surface area contributed by atoms with Gasteiger partial charge in [0.1, 0.15) is 11.5 Å². The molecular weight excluding hydrogens is 439 g/mol. The van der Waals surface area contributed by atoms with Gasteiger partial charge in [-0.15, -0.1) is 0 Å². The van der Waals surface area contributed by atoms with Gasteiger partial charge in [-0.1, -0.05) is 0 Å². The van der Waals surface area contributed by atoms with E-state index in [0.29, 0.717) is 68.0 Å². The number of ether oxygens (including phenoxy) is 2. The maximum atomic E-state index is 14.9. The van der Waals surface area contributed by atoms with Crippen molar-refractivity contribution >= 4 is 22.7 Å². The number of hydrogen-bond acceptors (Lipinski definition) is 6. The number of carboxylic acids is 1.